The quantitative estimate of drug-likeness (QED) is 0.441. The lowest BCUT2D eigenvalue weighted by Gasteiger charge is -2.35. The van der Waals surface area contributed by atoms with Gasteiger partial charge in [0, 0.05) is 39.2 Å². The summed E-state index contributed by atoms with van der Waals surface area (Å²) in [5, 5.41) is 4.65. The van der Waals surface area contributed by atoms with Gasteiger partial charge in [0.2, 0.25) is 10.0 Å². The summed E-state index contributed by atoms with van der Waals surface area (Å²) in [6.45, 7) is 7.49. The SMILES string of the molecule is CCCc1nc(C)c2c(=O)[nH]c(-c3cc(S(=O)(=O)N4CCN(C(=O)C5CCCO5)CC4)ccc3OCC)nn12. The van der Waals surface area contributed by atoms with Crippen molar-refractivity contribution in [3.8, 4) is 17.1 Å². The molecular weight excluding hydrogens is 524 g/mol. The minimum Gasteiger partial charge on any atom is -0.493 e. The molecule has 12 nitrogen and oxygen atoms in total. The average molecular weight is 559 g/mol. The first kappa shape index (κ1) is 27.3. The zero-order valence-electron chi connectivity index (χ0n) is 22.5. The van der Waals surface area contributed by atoms with E-state index in [0.717, 1.165) is 12.8 Å². The van der Waals surface area contributed by atoms with E-state index >= 15 is 0 Å². The lowest BCUT2D eigenvalue weighted by Crippen LogP contribution is -2.52. The van der Waals surface area contributed by atoms with Crippen LogP contribution in [0.1, 0.15) is 44.6 Å². The van der Waals surface area contributed by atoms with Crippen molar-refractivity contribution in [2.24, 2.45) is 0 Å². The van der Waals surface area contributed by atoms with Gasteiger partial charge in [-0.3, -0.25) is 9.59 Å². The lowest BCUT2D eigenvalue weighted by atomic mass is 10.2. The molecule has 1 amide bonds. The molecule has 1 aromatic carbocycles. The first-order valence-electron chi connectivity index (χ1n) is 13.4. The molecule has 5 rings (SSSR count). The molecule has 1 atom stereocenters. The standard InChI is InChI=1S/C26H34N6O6S/c1-4-7-22-27-17(3)23-25(33)28-24(29-32(22)23)19-16-18(9-10-20(19)37-5-2)39(35,36)31-13-11-30(12-14-31)26(34)21-8-6-15-38-21/h9-10,16,21H,4-8,11-15H2,1-3H3,(H,28,29,33). The van der Waals surface area contributed by atoms with E-state index in [4.69, 9.17) is 9.47 Å². The second-order valence-corrected chi connectivity index (χ2v) is 11.7. The first-order chi connectivity index (χ1) is 18.7. The Labute approximate surface area is 227 Å². The smallest absolute Gasteiger partial charge is 0.277 e. The highest BCUT2D eigenvalue weighted by Gasteiger charge is 2.34. The number of ether oxygens (including phenoxy) is 2. The molecule has 0 aliphatic carbocycles. The molecule has 0 spiro atoms. The molecule has 13 heteroatoms. The summed E-state index contributed by atoms with van der Waals surface area (Å²) < 4.78 is 41.5. The monoisotopic (exact) mass is 558 g/mol. The fourth-order valence-electron chi connectivity index (χ4n) is 5.15. The Hall–Kier alpha value is -3.29. The Morgan fingerprint density at radius 2 is 1.97 bits per heavy atom. The van der Waals surface area contributed by atoms with Crippen LogP contribution in [-0.4, -0.2) is 88.6 Å². The molecule has 4 heterocycles. The number of aryl methyl sites for hydroxylation is 2. The van der Waals surface area contributed by atoms with E-state index < -0.39 is 16.1 Å². The number of carbonyl (C=O) groups excluding carboxylic acids is 1. The minimum atomic E-state index is -3.89. The highest BCUT2D eigenvalue weighted by molar-refractivity contribution is 7.89. The number of H-pyrrole nitrogens is 1. The van der Waals surface area contributed by atoms with Crippen molar-refractivity contribution in [1.29, 1.82) is 0 Å². The van der Waals surface area contributed by atoms with E-state index in [1.54, 1.807) is 17.9 Å². The summed E-state index contributed by atoms with van der Waals surface area (Å²) in [7, 11) is -3.89. The molecule has 39 heavy (non-hydrogen) atoms. The Kier molecular flexibility index (Phi) is 7.74. The third-order valence-electron chi connectivity index (χ3n) is 7.12. The number of rotatable bonds is 8. The van der Waals surface area contributed by atoms with Gasteiger partial charge in [0.1, 0.15) is 17.7 Å². The molecule has 0 radical (unpaired) electrons. The highest BCUT2D eigenvalue weighted by Crippen LogP contribution is 2.32. The molecule has 2 aliphatic rings. The zero-order chi connectivity index (χ0) is 27.7. The van der Waals surface area contributed by atoms with Crippen LogP contribution in [0.25, 0.3) is 16.9 Å². The van der Waals surface area contributed by atoms with Gasteiger partial charge in [0.05, 0.1) is 22.8 Å². The maximum absolute atomic E-state index is 13.6. The maximum Gasteiger partial charge on any atom is 0.277 e. The molecular formula is C26H34N6O6S. The molecule has 2 aromatic heterocycles. The van der Waals surface area contributed by atoms with E-state index in [2.05, 4.69) is 15.1 Å². The largest absolute Gasteiger partial charge is 0.493 e. The Morgan fingerprint density at radius 3 is 2.64 bits per heavy atom. The van der Waals surface area contributed by atoms with Crippen molar-refractivity contribution in [2.45, 2.75) is 57.5 Å². The molecule has 0 bridgehead atoms. The number of nitrogens with zero attached hydrogens (tertiary/aromatic N) is 5. The maximum atomic E-state index is 13.6. The molecule has 1 N–H and O–H groups in total. The van der Waals surface area contributed by atoms with Crippen molar-refractivity contribution < 1.29 is 22.7 Å². The van der Waals surface area contributed by atoms with Gasteiger partial charge in [-0.15, -0.1) is 5.10 Å². The van der Waals surface area contributed by atoms with Crippen LogP contribution in [0.3, 0.4) is 0 Å². The number of hydrogen-bond acceptors (Lipinski definition) is 8. The van der Waals surface area contributed by atoms with Crippen LogP contribution >= 0.6 is 0 Å². The third kappa shape index (κ3) is 5.18. The van der Waals surface area contributed by atoms with Gasteiger partial charge >= 0.3 is 0 Å². The fourth-order valence-corrected chi connectivity index (χ4v) is 6.60. The second kappa shape index (κ2) is 11.1. The number of benzene rings is 1. The molecule has 1 unspecified atom stereocenters. The van der Waals surface area contributed by atoms with E-state index in [-0.39, 0.29) is 35.3 Å². The fraction of sp³-hybridized carbons (Fsp3) is 0.538. The topological polar surface area (TPSA) is 139 Å². The van der Waals surface area contributed by atoms with Gasteiger partial charge in [-0.05, 0) is 51.3 Å². The number of amides is 1. The van der Waals surface area contributed by atoms with E-state index in [9.17, 15) is 18.0 Å². The number of nitrogens with one attached hydrogen (secondary N) is 1. The Bertz CT molecular complexity index is 1530. The number of carbonyl (C=O) groups is 1. The van der Waals surface area contributed by atoms with Crippen molar-refractivity contribution in [1.82, 2.24) is 28.8 Å². The summed E-state index contributed by atoms with van der Waals surface area (Å²) in [6, 6.07) is 4.56. The number of fused-ring (bicyclic) bond motifs is 1. The minimum absolute atomic E-state index is 0.0539. The van der Waals surface area contributed by atoms with Crippen molar-refractivity contribution >= 4 is 21.4 Å². The van der Waals surface area contributed by atoms with Gasteiger partial charge in [0.15, 0.2) is 11.3 Å². The van der Waals surface area contributed by atoms with E-state index in [1.165, 1.54) is 21.0 Å². The average Bonchev–Trinajstić information content (AvgIpc) is 3.57. The van der Waals surface area contributed by atoms with Gasteiger partial charge in [-0.1, -0.05) is 6.92 Å². The first-order valence-corrected chi connectivity index (χ1v) is 14.8. The number of hydrogen-bond donors (Lipinski definition) is 1. The van der Waals surface area contributed by atoms with E-state index in [1.807, 2.05) is 13.8 Å². The van der Waals surface area contributed by atoms with Crippen molar-refractivity contribution in [3.05, 3.63) is 40.1 Å². The van der Waals surface area contributed by atoms with Gasteiger partial charge < -0.3 is 19.4 Å². The van der Waals surface area contributed by atoms with Crippen molar-refractivity contribution in [2.75, 3.05) is 39.4 Å². The third-order valence-corrected chi connectivity index (χ3v) is 9.01. The number of imidazole rings is 1. The van der Waals surface area contributed by atoms with Gasteiger partial charge in [0.25, 0.3) is 11.5 Å². The number of aromatic amines is 1. The number of piperazine rings is 1. The van der Waals surface area contributed by atoms with Gasteiger partial charge in [-0.2, -0.15) is 4.31 Å². The summed E-state index contributed by atoms with van der Waals surface area (Å²) in [5.74, 6) is 1.18. The summed E-state index contributed by atoms with van der Waals surface area (Å²) in [5.41, 5.74) is 0.935. The second-order valence-electron chi connectivity index (χ2n) is 9.75. The van der Waals surface area contributed by atoms with Crippen LogP contribution < -0.4 is 10.3 Å². The molecule has 2 saturated heterocycles. The number of aromatic nitrogens is 4. The van der Waals surface area contributed by atoms with Crippen molar-refractivity contribution in [3.63, 3.8) is 0 Å². The van der Waals surface area contributed by atoms with Crippen LogP contribution in [0.4, 0.5) is 0 Å². The van der Waals surface area contributed by atoms with Crippen LogP contribution in [0.5, 0.6) is 5.75 Å². The summed E-state index contributed by atoms with van der Waals surface area (Å²) in [4.78, 5) is 34.7. The molecule has 210 valence electrons. The number of sulfonamides is 1. The van der Waals surface area contributed by atoms with Crippen LogP contribution in [-0.2, 0) is 26.0 Å². The van der Waals surface area contributed by atoms with Crippen LogP contribution in [0.2, 0.25) is 0 Å². The molecule has 2 aliphatic heterocycles. The Balaban J connectivity index is 1.46. The molecule has 3 aromatic rings. The summed E-state index contributed by atoms with van der Waals surface area (Å²) in [6.07, 6.45) is 2.60. The lowest BCUT2D eigenvalue weighted by molar-refractivity contribution is -0.142. The summed E-state index contributed by atoms with van der Waals surface area (Å²) >= 11 is 0. The predicted molar refractivity (Wildman–Crippen MR) is 143 cm³/mol. The zero-order valence-corrected chi connectivity index (χ0v) is 23.3. The normalized spacial score (nSPS) is 18.6. The highest BCUT2D eigenvalue weighted by atomic mass is 32.2. The van der Waals surface area contributed by atoms with Crippen LogP contribution in [0, 0.1) is 6.92 Å². The Morgan fingerprint density at radius 1 is 1.21 bits per heavy atom. The molecule has 0 saturated carbocycles. The molecule has 2 fully saturated rings. The predicted octanol–water partition coefficient (Wildman–Crippen LogP) is 1.76. The van der Waals surface area contributed by atoms with Gasteiger partial charge in [-0.25, -0.2) is 17.9 Å². The van der Waals surface area contributed by atoms with E-state index in [0.29, 0.717) is 67.5 Å². The van der Waals surface area contributed by atoms with Crippen LogP contribution in [0.15, 0.2) is 27.9 Å².